The van der Waals surface area contributed by atoms with Gasteiger partial charge in [0.1, 0.15) is 17.8 Å². The number of benzene rings is 2. The lowest BCUT2D eigenvalue weighted by Crippen LogP contribution is -2.44. The van der Waals surface area contributed by atoms with Gasteiger partial charge < -0.3 is 4.42 Å². The number of carbonyl (C=O) groups is 2. The van der Waals surface area contributed by atoms with E-state index in [9.17, 15) is 9.59 Å². The number of piperidine rings is 2. The van der Waals surface area contributed by atoms with Gasteiger partial charge in [0.2, 0.25) is 11.8 Å². The van der Waals surface area contributed by atoms with Crippen molar-refractivity contribution >= 4 is 22.7 Å². The number of aromatic nitrogens is 2. The highest BCUT2D eigenvalue weighted by Gasteiger charge is 2.38. The maximum Gasteiger partial charge on any atom is 0.234 e. The number of likely N-dealkylation sites (tertiary alicyclic amines) is 1. The van der Waals surface area contributed by atoms with Crippen LogP contribution >= 0.6 is 0 Å². The summed E-state index contributed by atoms with van der Waals surface area (Å²) in [6.07, 6.45) is 7.26. The lowest BCUT2D eigenvalue weighted by Gasteiger charge is -2.45. The van der Waals surface area contributed by atoms with Crippen LogP contribution in [0, 0.1) is 11.2 Å². The topological polar surface area (TPSA) is 88.3 Å². The van der Waals surface area contributed by atoms with E-state index in [0.717, 1.165) is 43.2 Å². The van der Waals surface area contributed by atoms with Crippen molar-refractivity contribution in [1.82, 2.24) is 20.2 Å². The molecule has 1 saturated carbocycles. The molecule has 8 heteroatoms. The maximum atomic E-state index is 16.2. The van der Waals surface area contributed by atoms with Crippen molar-refractivity contribution < 1.29 is 18.4 Å². The van der Waals surface area contributed by atoms with Gasteiger partial charge in [-0.15, -0.1) is 0 Å². The van der Waals surface area contributed by atoms with Crippen LogP contribution in [0.3, 0.4) is 0 Å². The van der Waals surface area contributed by atoms with Crippen LogP contribution in [-0.2, 0) is 16.1 Å². The molecule has 7 nitrogen and oxygen atoms in total. The SMILES string of the molecule is CC1(C)CN(Cc2ccc(-c3coc(C4CC4)n3)cc2)CCC1c1ccc2ncc(C3CCC(=O)NC3=O)cc2c1F. The molecule has 216 valence electrons. The normalized spacial score (nSPS) is 22.8. The van der Waals surface area contributed by atoms with Gasteiger partial charge in [-0.2, -0.15) is 0 Å². The zero-order chi connectivity index (χ0) is 29.0. The highest BCUT2D eigenvalue weighted by Crippen LogP contribution is 2.45. The van der Waals surface area contributed by atoms with Crippen LogP contribution in [0.5, 0.6) is 0 Å². The zero-order valence-corrected chi connectivity index (χ0v) is 24.0. The highest BCUT2D eigenvalue weighted by molar-refractivity contribution is 6.01. The van der Waals surface area contributed by atoms with Crippen molar-refractivity contribution in [3.05, 3.63) is 83.3 Å². The molecule has 2 amide bonds. The molecule has 2 saturated heterocycles. The standard InChI is InChI=1S/C34H35FN4O3/c1-34(2)19-39(17-20-3-5-21(6-4-20)29-18-42-33(37-29)22-7-8-22)14-13-27(34)25-9-11-28-26(31(25)35)15-23(16-36-28)24-10-12-30(40)38-32(24)41/h3-6,9,11,15-16,18,22,24,27H,7-8,10,12-14,17,19H2,1-2H3,(H,38,40,41). The minimum absolute atomic E-state index is 0.0487. The Labute approximate surface area is 244 Å². The summed E-state index contributed by atoms with van der Waals surface area (Å²) in [4.78, 5) is 35.6. The third-order valence-corrected chi connectivity index (χ3v) is 9.28. The van der Waals surface area contributed by atoms with Gasteiger partial charge in [0.15, 0.2) is 5.89 Å². The molecule has 1 N–H and O–H groups in total. The molecule has 4 aromatic rings. The lowest BCUT2D eigenvalue weighted by atomic mass is 9.70. The Hall–Kier alpha value is -3.91. The van der Waals surface area contributed by atoms with Crippen molar-refractivity contribution in [2.24, 2.45) is 5.41 Å². The number of imide groups is 1. The largest absolute Gasteiger partial charge is 0.448 e. The Morgan fingerprint density at radius 1 is 1.07 bits per heavy atom. The summed E-state index contributed by atoms with van der Waals surface area (Å²) in [6, 6.07) is 14.1. The molecule has 2 atom stereocenters. The number of pyridine rings is 1. The van der Waals surface area contributed by atoms with Crippen molar-refractivity contribution in [3.8, 4) is 11.3 Å². The number of halogens is 1. The molecular weight excluding hydrogens is 531 g/mol. The van der Waals surface area contributed by atoms with Crippen LogP contribution in [-0.4, -0.2) is 39.8 Å². The van der Waals surface area contributed by atoms with Crippen molar-refractivity contribution in [3.63, 3.8) is 0 Å². The number of hydrogen-bond acceptors (Lipinski definition) is 6. The molecular formula is C34H35FN4O3. The van der Waals surface area contributed by atoms with E-state index in [-0.39, 0.29) is 35.4 Å². The van der Waals surface area contributed by atoms with E-state index in [4.69, 9.17) is 4.42 Å². The number of rotatable bonds is 6. The van der Waals surface area contributed by atoms with E-state index >= 15 is 4.39 Å². The first-order chi connectivity index (χ1) is 20.2. The minimum Gasteiger partial charge on any atom is -0.448 e. The Morgan fingerprint density at radius 2 is 1.88 bits per heavy atom. The number of nitrogens with one attached hydrogen (secondary N) is 1. The predicted molar refractivity (Wildman–Crippen MR) is 157 cm³/mol. The fourth-order valence-electron chi connectivity index (χ4n) is 6.83. The molecule has 2 aromatic heterocycles. The number of oxazole rings is 1. The quantitative estimate of drug-likeness (QED) is 0.270. The van der Waals surface area contributed by atoms with Crippen LogP contribution in [0.25, 0.3) is 22.2 Å². The number of hydrogen-bond donors (Lipinski definition) is 1. The van der Waals surface area contributed by atoms with Gasteiger partial charge in [0, 0.05) is 42.6 Å². The van der Waals surface area contributed by atoms with Crippen molar-refractivity contribution in [2.45, 2.75) is 70.3 Å². The second-order valence-corrected chi connectivity index (χ2v) is 12.9. The van der Waals surface area contributed by atoms with Gasteiger partial charge in [-0.25, -0.2) is 9.37 Å². The minimum atomic E-state index is -0.493. The smallest absolute Gasteiger partial charge is 0.234 e. The van der Waals surface area contributed by atoms with E-state index in [1.54, 1.807) is 18.5 Å². The first-order valence-electron chi connectivity index (χ1n) is 14.9. The van der Waals surface area contributed by atoms with Gasteiger partial charge in [0.25, 0.3) is 0 Å². The molecule has 7 rings (SSSR count). The van der Waals surface area contributed by atoms with Crippen LogP contribution in [0.15, 0.2) is 59.3 Å². The van der Waals surface area contributed by atoms with Crippen molar-refractivity contribution in [2.75, 3.05) is 13.1 Å². The average Bonchev–Trinajstić information content (AvgIpc) is 3.70. The van der Waals surface area contributed by atoms with E-state index in [1.807, 2.05) is 12.1 Å². The lowest BCUT2D eigenvalue weighted by molar-refractivity contribution is -0.134. The first-order valence-corrected chi connectivity index (χ1v) is 14.9. The second-order valence-electron chi connectivity index (χ2n) is 12.9. The van der Waals surface area contributed by atoms with Gasteiger partial charge in [0.05, 0.1) is 11.4 Å². The first kappa shape index (κ1) is 27.0. The average molecular weight is 567 g/mol. The zero-order valence-electron chi connectivity index (χ0n) is 24.0. The maximum absolute atomic E-state index is 16.2. The van der Waals surface area contributed by atoms with Gasteiger partial charge in [-0.05, 0) is 72.4 Å². The number of amides is 2. The molecule has 2 aromatic carbocycles. The fraction of sp³-hybridized carbons (Fsp3) is 0.412. The molecule has 42 heavy (non-hydrogen) atoms. The Morgan fingerprint density at radius 3 is 2.62 bits per heavy atom. The Balaban J connectivity index is 1.06. The summed E-state index contributed by atoms with van der Waals surface area (Å²) in [6.45, 7) is 6.99. The number of fused-ring (bicyclic) bond motifs is 1. The summed E-state index contributed by atoms with van der Waals surface area (Å²) in [5.41, 5.74) is 4.97. The van der Waals surface area contributed by atoms with Crippen LogP contribution in [0.4, 0.5) is 4.39 Å². The summed E-state index contributed by atoms with van der Waals surface area (Å²) >= 11 is 0. The monoisotopic (exact) mass is 566 g/mol. The molecule has 3 fully saturated rings. The van der Waals surface area contributed by atoms with E-state index in [0.29, 0.717) is 34.4 Å². The Kier molecular flexibility index (Phi) is 6.69. The number of carbonyl (C=O) groups excluding carboxylic acids is 2. The molecule has 0 spiro atoms. The molecule has 4 heterocycles. The van der Waals surface area contributed by atoms with Gasteiger partial charge in [-0.3, -0.25) is 24.8 Å². The van der Waals surface area contributed by atoms with E-state index in [1.165, 1.54) is 18.4 Å². The molecule has 2 aliphatic heterocycles. The predicted octanol–water partition coefficient (Wildman–Crippen LogP) is 6.44. The van der Waals surface area contributed by atoms with Crippen LogP contribution in [0.2, 0.25) is 0 Å². The molecule has 0 radical (unpaired) electrons. The molecule has 1 aliphatic carbocycles. The third kappa shape index (κ3) is 5.13. The van der Waals surface area contributed by atoms with Crippen LogP contribution < -0.4 is 5.32 Å². The van der Waals surface area contributed by atoms with Gasteiger partial charge >= 0.3 is 0 Å². The summed E-state index contributed by atoms with van der Waals surface area (Å²) in [7, 11) is 0. The third-order valence-electron chi connectivity index (χ3n) is 9.28. The summed E-state index contributed by atoms with van der Waals surface area (Å²) in [5.74, 6) is 0.0485. The van der Waals surface area contributed by atoms with Crippen molar-refractivity contribution in [1.29, 1.82) is 0 Å². The van der Waals surface area contributed by atoms with Gasteiger partial charge in [-0.1, -0.05) is 44.2 Å². The molecule has 3 aliphatic rings. The van der Waals surface area contributed by atoms with E-state index < -0.39 is 5.92 Å². The second kappa shape index (κ2) is 10.4. The summed E-state index contributed by atoms with van der Waals surface area (Å²) < 4.78 is 21.8. The molecule has 2 unspecified atom stereocenters. The highest BCUT2D eigenvalue weighted by atomic mass is 19.1. The number of nitrogens with zero attached hydrogens (tertiary/aromatic N) is 3. The summed E-state index contributed by atoms with van der Waals surface area (Å²) in [5, 5.41) is 2.83. The fourth-order valence-corrected chi connectivity index (χ4v) is 6.83. The Bertz CT molecular complexity index is 1670. The molecule has 0 bridgehead atoms. The van der Waals surface area contributed by atoms with Crippen LogP contribution in [0.1, 0.15) is 86.3 Å². The van der Waals surface area contributed by atoms with E-state index in [2.05, 4.69) is 58.3 Å².